The first kappa shape index (κ1) is 15.2. The summed E-state index contributed by atoms with van der Waals surface area (Å²) in [5, 5.41) is 7.91. The van der Waals surface area contributed by atoms with Crippen molar-refractivity contribution in [2.75, 3.05) is 0 Å². The molecule has 1 aromatic rings. The Hall–Kier alpha value is -0.860. The third-order valence-corrected chi connectivity index (χ3v) is 3.54. The number of nitrogens with zero attached hydrogens (tertiary/aromatic N) is 2. The zero-order valence-corrected chi connectivity index (χ0v) is 12.0. The van der Waals surface area contributed by atoms with Crippen LogP contribution in [0.15, 0.2) is 10.8 Å². The fourth-order valence-corrected chi connectivity index (χ4v) is 2.39. The zero-order chi connectivity index (χ0) is 13.1. The number of hydrogen-bond acceptors (Lipinski definition) is 3. The molecule has 0 aromatic carbocycles. The Morgan fingerprint density at radius 1 is 0.944 bits per heavy atom. The lowest BCUT2D eigenvalue weighted by molar-refractivity contribution is 0.393. The monoisotopic (exact) mass is 252 g/mol. The molecular weight excluding hydrogens is 224 g/mol. The molecule has 0 amide bonds. The molecule has 0 fully saturated rings. The SMILES string of the molecule is CCCCCCC(CCCCCC)c1nnco1. The molecule has 0 unspecified atom stereocenters. The third kappa shape index (κ3) is 6.18. The van der Waals surface area contributed by atoms with Crippen LogP contribution in [0.2, 0.25) is 0 Å². The lowest BCUT2D eigenvalue weighted by Crippen LogP contribution is -2.00. The van der Waals surface area contributed by atoms with E-state index >= 15 is 0 Å². The van der Waals surface area contributed by atoms with Gasteiger partial charge < -0.3 is 4.42 Å². The molecule has 0 N–H and O–H groups in total. The minimum Gasteiger partial charge on any atom is -0.428 e. The molecular formula is C15H28N2O. The van der Waals surface area contributed by atoms with Crippen molar-refractivity contribution in [3.8, 4) is 0 Å². The van der Waals surface area contributed by atoms with Gasteiger partial charge in [0.2, 0.25) is 12.3 Å². The zero-order valence-electron chi connectivity index (χ0n) is 12.0. The number of aromatic nitrogens is 2. The van der Waals surface area contributed by atoms with Crippen molar-refractivity contribution in [3.63, 3.8) is 0 Å². The van der Waals surface area contributed by atoms with E-state index in [4.69, 9.17) is 4.42 Å². The molecule has 0 saturated carbocycles. The Morgan fingerprint density at radius 3 is 2.00 bits per heavy atom. The molecule has 3 nitrogen and oxygen atoms in total. The summed E-state index contributed by atoms with van der Waals surface area (Å²) in [5.74, 6) is 1.34. The molecule has 0 aliphatic carbocycles. The van der Waals surface area contributed by atoms with E-state index in [1.807, 2.05) is 0 Å². The van der Waals surface area contributed by atoms with Gasteiger partial charge in [-0.1, -0.05) is 65.2 Å². The highest BCUT2D eigenvalue weighted by Gasteiger charge is 2.15. The van der Waals surface area contributed by atoms with Gasteiger partial charge in [0.15, 0.2) is 0 Å². The van der Waals surface area contributed by atoms with Crippen LogP contribution in [0.3, 0.4) is 0 Å². The second-order valence-electron chi connectivity index (χ2n) is 5.17. The quantitative estimate of drug-likeness (QED) is 0.515. The fourth-order valence-electron chi connectivity index (χ4n) is 2.39. The van der Waals surface area contributed by atoms with E-state index < -0.39 is 0 Å². The summed E-state index contributed by atoms with van der Waals surface area (Å²) in [6.07, 6.45) is 14.4. The summed E-state index contributed by atoms with van der Waals surface area (Å²) in [6.45, 7) is 4.50. The van der Waals surface area contributed by atoms with Crippen LogP contribution in [-0.4, -0.2) is 10.2 Å². The molecule has 0 spiro atoms. The Balaban J connectivity index is 2.29. The molecule has 3 heteroatoms. The third-order valence-electron chi connectivity index (χ3n) is 3.54. The molecule has 18 heavy (non-hydrogen) atoms. The molecule has 0 aliphatic rings. The van der Waals surface area contributed by atoms with Crippen molar-refractivity contribution in [3.05, 3.63) is 12.3 Å². The van der Waals surface area contributed by atoms with Crippen LogP contribution < -0.4 is 0 Å². The van der Waals surface area contributed by atoms with Gasteiger partial charge >= 0.3 is 0 Å². The van der Waals surface area contributed by atoms with Gasteiger partial charge in [0.05, 0.1) is 0 Å². The maximum atomic E-state index is 5.39. The van der Waals surface area contributed by atoms with E-state index in [9.17, 15) is 0 Å². The van der Waals surface area contributed by atoms with E-state index in [0.29, 0.717) is 5.92 Å². The van der Waals surface area contributed by atoms with Gasteiger partial charge in [0.25, 0.3) is 0 Å². The minimum absolute atomic E-state index is 0.487. The molecule has 1 rings (SSSR count). The van der Waals surface area contributed by atoms with Crippen molar-refractivity contribution < 1.29 is 4.42 Å². The highest BCUT2D eigenvalue weighted by Crippen LogP contribution is 2.26. The maximum absolute atomic E-state index is 5.39. The summed E-state index contributed by atoms with van der Waals surface area (Å²) in [5.41, 5.74) is 0. The number of hydrogen-bond donors (Lipinski definition) is 0. The molecule has 0 radical (unpaired) electrons. The predicted octanol–water partition coefficient (Wildman–Crippen LogP) is 5.09. The van der Waals surface area contributed by atoms with Crippen LogP contribution in [0, 0.1) is 0 Å². The van der Waals surface area contributed by atoms with Crippen LogP contribution in [0.5, 0.6) is 0 Å². The highest BCUT2D eigenvalue weighted by atomic mass is 16.4. The summed E-state index contributed by atoms with van der Waals surface area (Å²) in [7, 11) is 0. The van der Waals surface area contributed by atoms with Gasteiger partial charge in [-0.25, -0.2) is 0 Å². The molecule has 0 atom stereocenters. The summed E-state index contributed by atoms with van der Waals surface area (Å²) in [4.78, 5) is 0. The maximum Gasteiger partial charge on any atom is 0.219 e. The van der Waals surface area contributed by atoms with Gasteiger partial charge in [0, 0.05) is 5.92 Å². The first-order chi connectivity index (χ1) is 8.88. The van der Waals surface area contributed by atoms with Gasteiger partial charge in [0.1, 0.15) is 0 Å². The summed E-state index contributed by atoms with van der Waals surface area (Å²) < 4.78 is 5.39. The Morgan fingerprint density at radius 2 is 1.56 bits per heavy atom. The Labute approximate surface area is 111 Å². The van der Waals surface area contributed by atoms with E-state index in [0.717, 1.165) is 5.89 Å². The second-order valence-corrected chi connectivity index (χ2v) is 5.17. The van der Waals surface area contributed by atoms with Gasteiger partial charge in [-0.3, -0.25) is 0 Å². The fraction of sp³-hybridized carbons (Fsp3) is 0.867. The molecule has 104 valence electrons. The Kier molecular flexibility index (Phi) is 8.53. The summed E-state index contributed by atoms with van der Waals surface area (Å²) >= 11 is 0. The Bertz CT molecular complexity index is 260. The number of unbranched alkanes of at least 4 members (excludes halogenated alkanes) is 6. The first-order valence-corrected chi connectivity index (χ1v) is 7.64. The minimum atomic E-state index is 0.487. The van der Waals surface area contributed by atoms with E-state index in [1.165, 1.54) is 70.6 Å². The van der Waals surface area contributed by atoms with Crippen molar-refractivity contribution in [1.82, 2.24) is 10.2 Å². The van der Waals surface area contributed by atoms with Gasteiger partial charge in [-0.15, -0.1) is 10.2 Å². The molecule has 1 aromatic heterocycles. The van der Waals surface area contributed by atoms with Crippen molar-refractivity contribution in [2.24, 2.45) is 0 Å². The lowest BCUT2D eigenvalue weighted by Gasteiger charge is -2.12. The average molecular weight is 252 g/mol. The van der Waals surface area contributed by atoms with Crippen LogP contribution in [0.1, 0.15) is 89.9 Å². The van der Waals surface area contributed by atoms with Crippen LogP contribution in [0.25, 0.3) is 0 Å². The van der Waals surface area contributed by atoms with Crippen LogP contribution >= 0.6 is 0 Å². The van der Waals surface area contributed by atoms with Gasteiger partial charge in [-0.2, -0.15) is 0 Å². The number of rotatable bonds is 11. The predicted molar refractivity (Wildman–Crippen MR) is 74.6 cm³/mol. The standard InChI is InChI=1S/C15H28N2O/c1-3-5-7-9-11-14(12-10-8-6-4-2)15-17-16-13-18-15/h13-14H,3-12H2,1-2H3. The van der Waals surface area contributed by atoms with Crippen molar-refractivity contribution in [2.45, 2.75) is 84.0 Å². The van der Waals surface area contributed by atoms with E-state index in [1.54, 1.807) is 0 Å². The van der Waals surface area contributed by atoms with Gasteiger partial charge in [-0.05, 0) is 12.8 Å². The first-order valence-electron chi connectivity index (χ1n) is 7.64. The molecule has 0 aliphatic heterocycles. The van der Waals surface area contributed by atoms with E-state index in [-0.39, 0.29) is 0 Å². The van der Waals surface area contributed by atoms with Crippen LogP contribution in [0.4, 0.5) is 0 Å². The largest absolute Gasteiger partial charge is 0.428 e. The summed E-state index contributed by atoms with van der Waals surface area (Å²) in [6, 6.07) is 0. The highest BCUT2D eigenvalue weighted by molar-refractivity contribution is 4.87. The van der Waals surface area contributed by atoms with Crippen LogP contribution in [-0.2, 0) is 0 Å². The lowest BCUT2D eigenvalue weighted by atomic mass is 9.94. The molecule has 0 bridgehead atoms. The van der Waals surface area contributed by atoms with Crippen molar-refractivity contribution >= 4 is 0 Å². The normalized spacial score (nSPS) is 11.3. The molecule has 1 heterocycles. The molecule has 0 saturated heterocycles. The van der Waals surface area contributed by atoms with E-state index in [2.05, 4.69) is 24.0 Å². The second kappa shape index (κ2) is 10.1. The average Bonchev–Trinajstić information content (AvgIpc) is 2.91. The smallest absolute Gasteiger partial charge is 0.219 e. The topological polar surface area (TPSA) is 38.9 Å². The van der Waals surface area contributed by atoms with Crippen molar-refractivity contribution in [1.29, 1.82) is 0 Å².